The summed E-state index contributed by atoms with van der Waals surface area (Å²) < 4.78 is 0. The molecule has 1 nitrogen and oxygen atoms in total. The molecule has 0 radical (unpaired) electrons. The van der Waals surface area contributed by atoms with Crippen LogP contribution in [0.1, 0.15) is 36.8 Å². The summed E-state index contributed by atoms with van der Waals surface area (Å²) in [5.41, 5.74) is 4.63. The van der Waals surface area contributed by atoms with Gasteiger partial charge in [0.2, 0.25) is 0 Å². The Bertz CT molecular complexity index is 413. The number of rotatable bonds is 3. The number of allylic oxidation sites excluding steroid dienone is 2. The van der Waals surface area contributed by atoms with Gasteiger partial charge in [-0.05, 0) is 67.8 Å². The van der Waals surface area contributed by atoms with Gasteiger partial charge in [0.15, 0.2) is 0 Å². The van der Waals surface area contributed by atoms with E-state index in [-0.39, 0.29) is 0 Å². The van der Waals surface area contributed by atoms with Crippen molar-refractivity contribution in [2.45, 2.75) is 32.1 Å². The quantitative estimate of drug-likeness (QED) is 0.834. The predicted octanol–water partition coefficient (Wildman–Crippen LogP) is 3.41. The molecule has 1 heteroatoms. The van der Waals surface area contributed by atoms with Crippen LogP contribution >= 0.6 is 0 Å². The molecular formula is C16H21N. The van der Waals surface area contributed by atoms with Crippen LogP contribution in [0.4, 0.5) is 0 Å². The first-order chi connectivity index (χ1) is 8.43. The maximum atomic E-state index is 3.44. The Morgan fingerprint density at radius 2 is 1.94 bits per heavy atom. The molecule has 1 fully saturated rings. The van der Waals surface area contributed by atoms with E-state index in [1.165, 1.54) is 49.9 Å². The van der Waals surface area contributed by atoms with Crippen LogP contribution in [0.5, 0.6) is 0 Å². The summed E-state index contributed by atoms with van der Waals surface area (Å²) in [7, 11) is 0. The summed E-state index contributed by atoms with van der Waals surface area (Å²) >= 11 is 0. The molecule has 1 saturated heterocycles. The van der Waals surface area contributed by atoms with Crippen LogP contribution < -0.4 is 5.32 Å². The third kappa shape index (κ3) is 2.44. The second kappa shape index (κ2) is 5.05. The van der Waals surface area contributed by atoms with Gasteiger partial charge in [-0.15, -0.1) is 0 Å². The van der Waals surface area contributed by atoms with Gasteiger partial charge in [0, 0.05) is 0 Å². The van der Waals surface area contributed by atoms with Crippen LogP contribution in [-0.2, 0) is 6.42 Å². The van der Waals surface area contributed by atoms with E-state index in [1.54, 1.807) is 5.57 Å². The molecule has 1 aromatic rings. The molecule has 0 unspecified atom stereocenters. The van der Waals surface area contributed by atoms with Gasteiger partial charge < -0.3 is 5.32 Å². The van der Waals surface area contributed by atoms with Crippen LogP contribution in [0.3, 0.4) is 0 Å². The molecule has 1 aliphatic heterocycles. The smallest absolute Gasteiger partial charge is 0.00463 e. The lowest BCUT2D eigenvalue weighted by Gasteiger charge is -2.22. The number of nitrogens with one attached hydrogen (secondary N) is 1. The van der Waals surface area contributed by atoms with Crippen LogP contribution in [-0.4, -0.2) is 13.1 Å². The zero-order valence-corrected chi connectivity index (χ0v) is 10.4. The SMILES string of the molecule is C1=C(CCC2CCNCC2)c2ccccc2C1. The normalized spacial score (nSPS) is 20.1. The number of benzene rings is 1. The van der Waals surface area contributed by atoms with Crippen molar-refractivity contribution in [2.75, 3.05) is 13.1 Å². The van der Waals surface area contributed by atoms with E-state index in [0.717, 1.165) is 12.3 Å². The van der Waals surface area contributed by atoms with Gasteiger partial charge in [-0.25, -0.2) is 0 Å². The van der Waals surface area contributed by atoms with Crippen LogP contribution in [0.15, 0.2) is 30.3 Å². The zero-order chi connectivity index (χ0) is 11.5. The van der Waals surface area contributed by atoms with Crippen molar-refractivity contribution in [3.63, 3.8) is 0 Å². The van der Waals surface area contributed by atoms with Crippen molar-refractivity contribution in [3.05, 3.63) is 41.5 Å². The highest BCUT2D eigenvalue weighted by atomic mass is 14.9. The fourth-order valence-electron chi connectivity index (χ4n) is 3.12. The van der Waals surface area contributed by atoms with E-state index >= 15 is 0 Å². The largest absolute Gasteiger partial charge is 0.317 e. The third-order valence-electron chi connectivity index (χ3n) is 4.21. The molecule has 0 aromatic heterocycles. The van der Waals surface area contributed by atoms with E-state index in [0.29, 0.717) is 0 Å². The molecule has 3 rings (SSSR count). The molecule has 1 aliphatic carbocycles. The van der Waals surface area contributed by atoms with E-state index in [1.807, 2.05) is 0 Å². The molecule has 90 valence electrons. The van der Waals surface area contributed by atoms with Crippen molar-refractivity contribution in [2.24, 2.45) is 5.92 Å². The first-order valence-corrected chi connectivity index (χ1v) is 6.91. The minimum absolute atomic E-state index is 0.949. The lowest BCUT2D eigenvalue weighted by Crippen LogP contribution is -2.27. The Labute approximate surface area is 104 Å². The van der Waals surface area contributed by atoms with Crippen molar-refractivity contribution in [3.8, 4) is 0 Å². The molecule has 0 atom stereocenters. The van der Waals surface area contributed by atoms with Gasteiger partial charge in [-0.3, -0.25) is 0 Å². The first-order valence-electron chi connectivity index (χ1n) is 6.91. The summed E-state index contributed by atoms with van der Waals surface area (Å²) in [5.74, 6) is 0.949. The molecular weight excluding hydrogens is 206 g/mol. The maximum Gasteiger partial charge on any atom is -0.00463 e. The van der Waals surface area contributed by atoms with Crippen LogP contribution in [0.2, 0.25) is 0 Å². The molecule has 0 spiro atoms. The lowest BCUT2D eigenvalue weighted by molar-refractivity contribution is 0.357. The standard InChI is InChI=1S/C16H21N/c1-2-4-16-14(3-1)7-8-15(16)6-5-13-9-11-17-12-10-13/h1-4,8,13,17H,5-7,9-12H2. The summed E-state index contributed by atoms with van der Waals surface area (Å²) in [5, 5.41) is 3.44. The van der Waals surface area contributed by atoms with E-state index < -0.39 is 0 Å². The van der Waals surface area contributed by atoms with E-state index in [2.05, 4.69) is 35.7 Å². The Kier molecular flexibility index (Phi) is 3.28. The molecule has 1 heterocycles. The Morgan fingerprint density at radius 3 is 2.82 bits per heavy atom. The van der Waals surface area contributed by atoms with Gasteiger partial charge in [0.25, 0.3) is 0 Å². The van der Waals surface area contributed by atoms with Crippen molar-refractivity contribution < 1.29 is 0 Å². The topological polar surface area (TPSA) is 12.0 Å². The minimum atomic E-state index is 0.949. The van der Waals surface area contributed by atoms with Gasteiger partial charge >= 0.3 is 0 Å². The fraction of sp³-hybridized carbons (Fsp3) is 0.500. The minimum Gasteiger partial charge on any atom is -0.317 e. The maximum absolute atomic E-state index is 3.44. The highest BCUT2D eigenvalue weighted by molar-refractivity contribution is 5.72. The summed E-state index contributed by atoms with van der Waals surface area (Å²) in [6.07, 6.45) is 8.98. The van der Waals surface area contributed by atoms with Gasteiger partial charge in [-0.1, -0.05) is 30.3 Å². The molecule has 1 N–H and O–H groups in total. The lowest BCUT2D eigenvalue weighted by atomic mass is 9.90. The highest BCUT2D eigenvalue weighted by Crippen LogP contribution is 2.32. The van der Waals surface area contributed by atoms with Crippen LogP contribution in [0.25, 0.3) is 5.57 Å². The van der Waals surface area contributed by atoms with E-state index in [4.69, 9.17) is 0 Å². The fourth-order valence-corrected chi connectivity index (χ4v) is 3.12. The molecule has 17 heavy (non-hydrogen) atoms. The predicted molar refractivity (Wildman–Crippen MR) is 73.0 cm³/mol. The average molecular weight is 227 g/mol. The molecule has 0 amide bonds. The van der Waals surface area contributed by atoms with Crippen molar-refractivity contribution in [1.82, 2.24) is 5.32 Å². The second-order valence-corrected chi connectivity index (χ2v) is 5.32. The Hall–Kier alpha value is -1.08. The van der Waals surface area contributed by atoms with Gasteiger partial charge in [-0.2, -0.15) is 0 Å². The summed E-state index contributed by atoms with van der Waals surface area (Å²) in [4.78, 5) is 0. The van der Waals surface area contributed by atoms with Gasteiger partial charge in [0.1, 0.15) is 0 Å². The number of hydrogen-bond donors (Lipinski definition) is 1. The molecule has 1 aromatic carbocycles. The number of piperidine rings is 1. The molecule has 2 aliphatic rings. The first kappa shape index (κ1) is 11.0. The summed E-state index contributed by atoms with van der Waals surface area (Å²) in [6.45, 7) is 2.45. The highest BCUT2D eigenvalue weighted by Gasteiger charge is 2.16. The number of fused-ring (bicyclic) bond motifs is 1. The second-order valence-electron chi connectivity index (χ2n) is 5.32. The third-order valence-corrected chi connectivity index (χ3v) is 4.21. The monoisotopic (exact) mass is 227 g/mol. The summed E-state index contributed by atoms with van der Waals surface area (Å²) in [6, 6.07) is 8.88. The molecule has 0 saturated carbocycles. The van der Waals surface area contributed by atoms with Gasteiger partial charge in [0.05, 0.1) is 0 Å². The Balaban J connectivity index is 1.59. The molecule has 0 bridgehead atoms. The van der Waals surface area contributed by atoms with Crippen molar-refractivity contribution >= 4 is 5.57 Å². The number of hydrogen-bond acceptors (Lipinski definition) is 1. The Morgan fingerprint density at radius 1 is 1.12 bits per heavy atom. The zero-order valence-electron chi connectivity index (χ0n) is 10.4. The average Bonchev–Trinajstić information content (AvgIpc) is 2.81. The van der Waals surface area contributed by atoms with E-state index in [9.17, 15) is 0 Å². The van der Waals surface area contributed by atoms with Crippen LogP contribution in [0, 0.1) is 5.92 Å². The van der Waals surface area contributed by atoms with Crippen molar-refractivity contribution in [1.29, 1.82) is 0 Å².